The Morgan fingerprint density at radius 1 is 1.50 bits per heavy atom. The largest absolute Gasteiger partial charge is 0.462 e. The first-order valence-electron chi connectivity index (χ1n) is 5.82. The van der Waals surface area contributed by atoms with Crippen LogP contribution in [0.3, 0.4) is 0 Å². The van der Waals surface area contributed by atoms with Gasteiger partial charge in [0, 0.05) is 6.04 Å². The van der Waals surface area contributed by atoms with E-state index in [0.717, 1.165) is 24.4 Å². The van der Waals surface area contributed by atoms with E-state index in [2.05, 4.69) is 15.0 Å². The highest BCUT2D eigenvalue weighted by Crippen LogP contribution is 2.26. The Morgan fingerprint density at radius 2 is 2.22 bits per heavy atom. The van der Waals surface area contributed by atoms with E-state index < -0.39 is 5.97 Å². The van der Waals surface area contributed by atoms with Crippen LogP contribution in [0.15, 0.2) is 0 Å². The van der Waals surface area contributed by atoms with Gasteiger partial charge in [0.2, 0.25) is 0 Å². The van der Waals surface area contributed by atoms with Gasteiger partial charge in [0.15, 0.2) is 0 Å². The third-order valence-corrected chi connectivity index (χ3v) is 3.34. The number of ether oxygens (including phenoxy) is 1. The smallest absolute Gasteiger partial charge is 0.343 e. The number of esters is 1. The third kappa shape index (κ3) is 2.98. The maximum atomic E-state index is 11.7. The van der Waals surface area contributed by atoms with Crippen LogP contribution >= 0.6 is 11.5 Å². The molecule has 0 unspecified atom stereocenters. The summed E-state index contributed by atoms with van der Waals surface area (Å²) >= 11 is 1.08. The predicted molar refractivity (Wildman–Crippen MR) is 68.0 cm³/mol. The number of anilines is 1. The second-order valence-corrected chi connectivity index (χ2v) is 4.84. The first-order valence-corrected chi connectivity index (χ1v) is 6.60. The quantitative estimate of drug-likeness (QED) is 0.818. The Balaban J connectivity index is 2.07. The summed E-state index contributed by atoms with van der Waals surface area (Å²) in [7, 11) is 0. The Hall–Kier alpha value is -1.63. The van der Waals surface area contributed by atoms with Crippen molar-refractivity contribution >= 4 is 28.5 Å². The van der Waals surface area contributed by atoms with Crippen LogP contribution in [-0.4, -0.2) is 29.0 Å². The summed E-state index contributed by atoms with van der Waals surface area (Å²) in [5, 5.41) is 5.87. The molecular weight excluding hydrogens is 254 g/mol. The number of hydrogen-bond donors (Lipinski definition) is 2. The summed E-state index contributed by atoms with van der Waals surface area (Å²) in [6.07, 6.45) is 2.03. The monoisotopic (exact) mass is 269 g/mol. The van der Waals surface area contributed by atoms with E-state index in [1.54, 1.807) is 13.8 Å². The molecule has 0 atom stereocenters. The summed E-state index contributed by atoms with van der Waals surface area (Å²) in [5.41, 5.74) is 0.910. The van der Waals surface area contributed by atoms with Gasteiger partial charge >= 0.3 is 12.0 Å². The maximum absolute atomic E-state index is 11.7. The lowest BCUT2D eigenvalue weighted by molar-refractivity contribution is 0.0527. The molecule has 2 amide bonds. The zero-order valence-electron chi connectivity index (χ0n) is 10.3. The van der Waals surface area contributed by atoms with Gasteiger partial charge in [0.05, 0.1) is 12.3 Å². The summed E-state index contributed by atoms with van der Waals surface area (Å²) in [4.78, 5) is 23.3. The molecule has 1 aromatic heterocycles. The maximum Gasteiger partial charge on any atom is 0.343 e. The van der Waals surface area contributed by atoms with Crippen molar-refractivity contribution in [2.45, 2.75) is 32.7 Å². The van der Waals surface area contributed by atoms with E-state index in [1.807, 2.05) is 0 Å². The number of hydrogen-bond acceptors (Lipinski definition) is 5. The topological polar surface area (TPSA) is 80.3 Å². The third-order valence-electron chi connectivity index (χ3n) is 2.48. The highest BCUT2D eigenvalue weighted by atomic mass is 32.1. The van der Waals surface area contributed by atoms with Crippen LogP contribution in [-0.2, 0) is 4.74 Å². The van der Waals surface area contributed by atoms with E-state index in [1.165, 1.54) is 0 Å². The molecule has 18 heavy (non-hydrogen) atoms. The minimum absolute atomic E-state index is 0.269. The van der Waals surface area contributed by atoms with Gasteiger partial charge in [-0.15, -0.1) is 0 Å². The van der Waals surface area contributed by atoms with Gasteiger partial charge in [-0.25, -0.2) is 9.59 Å². The molecule has 1 aliphatic carbocycles. The number of carbonyl (C=O) groups excluding carboxylic acids is 2. The molecule has 1 aliphatic rings. The van der Waals surface area contributed by atoms with Gasteiger partial charge in [0.25, 0.3) is 0 Å². The van der Waals surface area contributed by atoms with Crippen molar-refractivity contribution in [2.75, 3.05) is 11.9 Å². The molecule has 1 saturated carbocycles. The number of nitrogens with one attached hydrogen (secondary N) is 2. The van der Waals surface area contributed by atoms with Gasteiger partial charge in [-0.05, 0) is 38.2 Å². The minimum Gasteiger partial charge on any atom is -0.462 e. The first kappa shape index (κ1) is 12.8. The van der Waals surface area contributed by atoms with E-state index in [4.69, 9.17) is 4.74 Å². The predicted octanol–water partition coefficient (Wildman–Crippen LogP) is 1.91. The van der Waals surface area contributed by atoms with Crippen LogP contribution in [0.5, 0.6) is 0 Å². The molecular formula is C11H15N3O3S. The normalized spacial score (nSPS) is 14.1. The molecule has 0 aliphatic heterocycles. The molecule has 0 aromatic carbocycles. The van der Waals surface area contributed by atoms with Crippen molar-refractivity contribution in [1.29, 1.82) is 0 Å². The zero-order valence-corrected chi connectivity index (χ0v) is 11.1. The second kappa shape index (κ2) is 5.34. The van der Waals surface area contributed by atoms with Crippen LogP contribution in [0.1, 0.15) is 35.8 Å². The fraction of sp³-hybridized carbons (Fsp3) is 0.545. The van der Waals surface area contributed by atoms with Crippen LogP contribution in [0.25, 0.3) is 0 Å². The van der Waals surface area contributed by atoms with Crippen molar-refractivity contribution in [3.05, 3.63) is 11.3 Å². The number of aryl methyl sites for hydroxylation is 1. The zero-order chi connectivity index (χ0) is 13.1. The average Bonchev–Trinajstić information content (AvgIpc) is 3.03. The minimum atomic E-state index is -0.453. The number of rotatable bonds is 4. The molecule has 1 heterocycles. The SMILES string of the molecule is CCOC(=O)c1c(C)nsc1NC(=O)NC1CC1. The molecule has 0 radical (unpaired) electrons. The molecule has 6 nitrogen and oxygen atoms in total. The average molecular weight is 269 g/mol. The number of nitrogens with zero attached hydrogens (tertiary/aromatic N) is 1. The van der Waals surface area contributed by atoms with Gasteiger partial charge < -0.3 is 10.1 Å². The lowest BCUT2D eigenvalue weighted by Crippen LogP contribution is -2.30. The number of urea groups is 1. The van der Waals surface area contributed by atoms with E-state index >= 15 is 0 Å². The van der Waals surface area contributed by atoms with Gasteiger partial charge in [-0.3, -0.25) is 5.32 Å². The van der Waals surface area contributed by atoms with Crippen LogP contribution in [0.4, 0.5) is 9.80 Å². The Kier molecular flexibility index (Phi) is 3.81. The molecule has 0 saturated heterocycles. The number of carbonyl (C=O) groups is 2. The molecule has 1 aromatic rings. The Labute approximate surface area is 109 Å². The summed E-state index contributed by atoms with van der Waals surface area (Å²) in [6.45, 7) is 3.74. The van der Waals surface area contributed by atoms with E-state index in [0.29, 0.717) is 22.9 Å². The Morgan fingerprint density at radius 3 is 2.83 bits per heavy atom. The van der Waals surface area contributed by atoms with Crippen molar-refractivity contribution in [2.24, 2.45) is 0 Å². The lowest BCUT2D eigenvalue weighted by Gasteiger charge is -2.06. The summed E-state index contributed by atoms with van der Waals surface area (Å²) in [6, 6.07) is -0.0308. The molecule has 2 N–H and O–H groups in total. The van der Waals surface area contributed by atoms with Crippen LogP contribution in [0, 0.1) is 6.92 Å². The fourth-order valence-electron chi connectivity index (χ4n) is 1.45. The molecule has 7 heteroatoms. The highest BCUT2D eigenvalue weighted by molar-refractivity contribution is 7.11. The molecule has 0 spiro atoms. The van der Waals surface area contributed by atoms with Gasteiger partial charge in [0.1, 0.15) is 10.6 Å². The van der Waals surface area contributed by atoms with Crippen molar-refractivity contribution in [3.8, 4) is 0 Å². The number of amides is 2. The second-order valence-electron chi connectivity index (χ2n) is 4.07. The molecule has 2 rings (SSSR count). The van der Waals surface area contributed by atoms with Crippen molar-refractivity contribution in [1.82, 2.24) is 9.69 Å². The van der Waals surface area contributed by atoms with E-state index in [9.17, 15) is 9.59 Å². The standard InChI is InChI=1S/C11H15N3O3S/c1-3-17-10(15)8-6(2)14-18-9(8)13-11(16)12-7-4-5-7/h7H,3-5H2,1-2H3,(H2,12,13,16). The molecule has 0 bridgehead atoms. The van der Waals surface area contributed by atoms with Crippen LogP contribution < -0.4 is 10.6 Å². The summed E-state index contributed by atoms with van der Waals surface area (Å²) in [5.74, 6) is -0.453. The van der Waals surface area contributed by atoms with Crippen LogP contribution in [0.2, 0.25) is 0 Å². The fourth-order valence-corrected chi connectivity index (χ4v) is 2.23. The number of aromatic nitrogens is 1. The van der Waals surface area contributed by atoms with Crippen molar-refractivity contribution in [3.63, 3.8) is 0 Å². The Bertz CT molecular complexity index is 468. The van der Waals surface area contributed by atoms with Gasteiger partial charge in [-0.1, -0.05) is 0 Å². The summed E-state index contributed by atoms with van der Waals surface area (Å²) < 4.78 is 9.00. The van der Waals surface area contributed by atoms with Crippen molar-refractivity contribution < 1.29 is 14.3 Å². The highest BCUT2D eigenvalue weighted by Gasteiger charge is 2.25. The lowest BCUT2D eigenvalue weighted by atomic mass is 10.2. The van der Waals surface area contributed by atoms with Gasteiger partial charge in [-0.2, -0.15) is 4.37 Å². The molecule has 1 fully saturated rings. The first-order chi connectivity index (χ1) is 8.61. The van der Waals surface area contributed by atoms with E-state index in [-0.39, 0.29) is 12.1 Å². The molecule has 98 valence electrons.